The molecule has 1 aliphatic rings. The second-order valence-corrected chi connectivity index (χ2v) is 7.03. The fourth-order valence-electron chi connectivity index (χ4n) is 3.05. The van der Waals surface area contributed by atoms with Crippen LogP contribution < -0.4 is 5.32 Å². The summed E-state index contributed by atoms with van der Waals surface area (Å²) in [4.78, 5) is 14.7. The number of rotatable bonds is 3. The molecule has 0 spiro atoms. The van der Waals surface area contributed by atoms with Gasteiger partial charge in [-0.1, -0.05) is 43.6 Å². The van der Waals surface area contributed by atoms with E-state index < -0.39 is 0 Å². The van der Waals surface area contributed by atoms with Crippen LogP contribution in [0.15, 0.2) is 24.3 Å². The van der Waals surface area contributed by atoms with Crippen LogP contribution >= 0.6 is 11.6 Å². The lowest BCUT2D eigenvalue weighted by Gasteiger charge is -2.41. The van der Waals surface area contributed by atoms with Gasteiger partial charge in [-0.15, -0.1) is 0 Å². The van der Waals surface area contributed by atoms with Gasteiger partial charge in [0.2, 0.25) is 5.91 Å². The van der Waals surface area contributed by atoms with Crippen molar-refractivity contribution < 1.29 is 4.79 Å². The normalized spacial score (nSPS) is 22.6. The highest BCUT2D eigenvalue weighted by Crippen LogP contribution is 2.33. The number of hydrogen-bond acceptors (Lipinski definition) is 2. The summed E-state index contributed by atoms with van der Waals surface area (Å²) in [6.07, 6.45) is 2.20. The van der Waals surface area contributed by atoms with Crippen molar-refractivity contribution in [3.8, 4) is 0 Å². The third-order valence-corrected chi connectivity index (χ3v) is 5.00. The molecule has 0 aromatic heterocycles. The van der Waals surface area contributed by atoms with E-state index in [1.807, 2.05) is 43.1 Å². The molecule has 1 aliphatic heterocycles. The second kappa shape index (κ2) is 6.37. The number of likely N-dealkylation sites (N-methyl/N-ethyl adjacent to an activating group) is 1. The zero-order valence-electron chi connectivity index (χ0n) is 13.3. The van der Waals surface area contributed by atoms with E-state index in [9.17, 15) is 4.79 Å². The van der Waals surface area contributed by atoms with Crippen LogP contribution in [0.4, 0.5) is 0 Å². The minimum Gasteiger partial charge on any atom is -0.338 e. The predicted octanol–water partition coefficient (Wildman–Crippen LogP) is 3.64. The molecule has 2 unspecified atom stereocenters. The van der Waals surface area contributed by atoms with Crippen molar-refractivity contribution in [2.75, 3.05) is 13.6 Å². The molecule has 2 rings (SSSR count). The molecule has 0 aliphatic carbocycles. The first-order valence-electron chi connectivity index (χ1n) is 7.59. The zero-order chi connectivity index (χ0) is 15.6. The fourth-order valence-corrected chi connectivity index (χ4v) is 3.34. The first-order chi connectivity index (χ1) is 9.84. The SMILES string of the molecule is CC(c1ccccc1Cl)N(C)C(=O)C1NCCCC1(C)C. The number of piperidine rings is 1. The van der Waals surface area contributed by atoms with Crippen molar-refractivity contribution in [3.63, 3.8) is 0 Å². The Bertz CT molecular complexity index is 515. The minimum atomic E-state index is -0.124. The van der Waals surface area contributed by atoms with E-state index in [4.69, 9.17) is 11.6 Å². The molecular weight excluding hydrogens is 284 g/mol. The molecule has 1 amide bonds. The molecule has 4 heteroatoms. The summed E-state index contributed by atoms with van der Waals surface area (Å²) < 4.78 is 0. The Morgan fingerprint density at radius 2 is 2.10 bits per heavy atom. The van der Waals surface area contributed by atoms with E-state index in [-0.39, 0.29) is 23.4 Å². The summed E-state index contributed by atoms with van der Waals surface area (Å²) in [5.41, 5.74) is 0.979. The molecule has 1 N–H and O–H groups in total. The lowest BCUT2D eigenvalue weighted by Crippen LogP contribution is -2.56. The maximum Gasteiger partial charge on any atom is 0.240 e. The third kappa shape index (κ3) is 3.41. The summed E-state index contributed by atoms with van der Waals surface area (Å²) in [6, 6.07) is 7.56. The van der Waals surface area contributed by atoms with Gasteiger partial charge in [0.15, 0.2) is 0 Å². The van der Waals surface area contributed by atoms with E-state index in [1.165, 1.54) is 0 Å². The van der Waals surface area contributed by atoms with Crippen LogP contribution in [0, 0.1) is 5.41 Å². The van der Waals surface area contributed by atoms with Crippen molar-refractivity contribution in [1.82, 2.24) is 10.2 Å². The summed E-state index contributed by atoms with van der Waals surface area (Å²) in [6.45, 7) is 7.26. The van der Waals surface area contributed by atoms with Gasteiger partial charge in [0, 0.05) is 12.1 Å². The van der Waals surface area contributed by atoms with Crippen LogP contribution in [0.5, 0.6) is 0 Å². The zero-order valence-corrected chi connectivity index (χ0v) is 14.1. The first-order valence-corrected chi connectivity index (χ1v) is 7.97. The quantitative estimate of drug-likeness (QED) is 0.924. The van der Waals surface area contributed by atoms with Gasteiger partial charge in [-0.05, 0) is 43.4 Å². The van der Waals surface area contributed by atoms with Gasteiger partial charge in [0.25, 0.3) is 0 Å². The molecule has 1 heterocycles. The molecule has 1 aromatic carbocycles. The van der Waals surface area contributed by atoms with Crippen LogP contribution in [0.25, 0.3) is 0 Å². The number of nitrogens with zero attached hydrogens (tertiary/aromatic N) is 1. The molecule has 0 saturated carbocycles. The van der Waals surface area contributed by atoms with E-state index in [0.29, 0.717) is 5.02 Å². The van der Waals surface area contributed by atoms with E-state index >= 15 is 0 Å². The maximum absolute atomic E-state index is 12.9. The van der Waals surface area contributed by atoms with Crippen LogP contribution in [0.1, 0.15) is 45.2 Å². The molecule has 0 bridgehead atoms. The maximum atomic E-state index is 12.9. The third-order valence-electron chi connectivity index (χ3n) is 4.66. The number of halogens is 1. The Kier molecular flexibility index (Phi) is 4.95. The Morgan fingerprint density at radius 3 is 2.71 bits per heavy atom. The smallest absolute Gasteiger partial charge is 0.240 e. The highest BCUT2D eigenvalue weighted by atomic mass is 35.5. The lowest BCUT2D eigenvalue weighted by molar-refractivity contribution is -0.138. The van der Waals surface area contributed by atoms with Crippen molar-refractivity contribution in [3.05, 3.63) is 34.9 Å². The summed E-state index contributed by atoms with van der Waals surface area (Å²) in [7, 11) is 1.86. The monoisotopic (exact) mass is 308 g/mol. The summed E-state index contributed by atoms with van der Waals surface area (Å²) in [5.74, 6) is 0.145. The van der Waals surface area contributed by atoms with Crippen LogP contribution in [-0.4, -0.2) is 30.4 Å². The number of nitrogens with one attached hydrogen (secondary N) is 1. The van der Waals surface area contributed by atoms with Gasteiger partial charge in [-0.25, -0.2) is 0 Å². The topological polar surface area (TPSA) is 32.3 Å². The Labute approximate surface area is 132 Å². The molecule has 116 valence electrons. The van der Waals surface area contributed by atoms with Gasteiger partial charge < -0.3 is 10.2 Å². The van der Waals surface area contributed by atoms with Gasteiger partial charge in [-0.2, -0.15) is 0 Å². The van der Waals surface area contributed by atoms with Crippen LogP contribution in [0.2, 0.25) is 5.02 Å². The minimum absolute atomic E-state index is 0.0101. The Hall–Kier alpha value is -1.06. The van der Waals surface area contributed by atoms with Gasteiger partial charge in [-0.3, -0.25) is 4.79 Å². The first kappa shape index (κ1) is 16.3. The number of benzene rings is 1. The summed E-state index contributed by atoms with van der Waals surface area (Å²) in [5, 5.41) is 4.10. The molecule has 1 saturated heterocycles. The summed E-state index contributed by atoms with van der Waals surface area (Å²) >= 11 is 6.26. The van der Waals surface area contributed by atoms with E-state index in [1.54, 1.807) is 0 Å². The number of amides is 1. The molecule has 1 aromatic rings. The van der Waals surface area contributed by atoms with Crippen molar-refractivity contribution >= 4 is 17.5 Å². The molecule has 2 atom stereocenters. The lowest BCUT2D eigenvalue weighted by atomic mass is 9.77. The number of carbonyl (C=O) groups is 1. The second-order valence-electron chi connectivity index (χ2n) is 6.63. The molecule has 0 radical (unpaired) electrons. The largest absolute Gasteiger partial charge is 0.338 e. The Morgan fingerprint density at radius 1 is 1.43 bits per heavy atom. The average Bonchev–Trinajstić information content (AvgIpc) is 2.45. The molecular formula is C17H25ClN2O. The van der Waals surface area contributed by atoms with E-state index in [2.05, 4.69) is 19.2 Å². The van der Waals surface area contributed by atoms with Crippen LogP contribution in [0.3, 0.4) is 0 Å². The average molecular weight is 309 g/mol. The number of carbonyl (C=O) groups excluding carboxylic acids is 1. The highest BCUT2D eigenvalue weighted by Gasteiger charge is 2.39. The molecule has 3 nitrogen and oxygen atoms in total. The Balaban J connectivity index is 2.17. The van der Waals surface area contributed by atoms with E-state index in [0.717, 1.165) is 24.9 Å². The fraction of sp³-hybridized carbons (Fsp3) is 0.588. The number of hydrogen-bond donors (Lipinski definition) is 1. The predicted molar refractivity (Wildman–Crippen MR) is 87.4 cm³/mol. The van der Waals surface area contributed by atoms with Crippen molar-refractivity contribution in [1.29, 1.82) is 0 Å². The molecule has 1 fully saturated rings. The van der Waals surface area contributed by atoms with Gasteiger partial charge in [0.05, 0.1) is 12.1 Å². The molecule has 21 heavy (non-hydrogen) atoms. The van der Waals surface area contributed by atoms with Gasteiger partial charge >= 0.3 is 0 Å². The van der Waals surface area contributed by atoms with Crippen molar-refractivity contribution in [2.45, 2.75) is 45.7 Å². The van der Waals surface area contributed by atoms with Crippen molar-refractivity contribution in [2.24, 2.45) is 5.41 Å². The van der Waals surface area contributed by atoms with Gasteiger partial charge in [0.1, 0.15) is 0 Å². The van der Waals surface area contributed by atoms with Crippen LogP contribution in [-0.2, 0) is 4.79 Å². The highest BCUT2D eigenvalue weighted by molar-refractivity contribution is 6.31. The standard InChI is InChI=1S/C17H25ClN2O/c1-12(13-8-5-6-9-14(13)18)20(4)16(21)15-17(2,3)10-7-11-19-15/h5-6,8-9,12,15,19H,7,10-11H2,1-4H3.